The van der Waals surface area contributed by atoms with Gasteiger partial charge in [-0.1, -0.05) is 42.5 Å². The number of aryl methyl sites for hydroxylation is 1. The molecule has 2 aromatic heterocycles. The second kappa shape index (κ2) is 11.5. The number of amides is 1. The van der Waals surface area contributed by atoms with Crippen molar-refractivity contribution in [2.24, 2.45) is 0 Å². The molecular formula is C32H30N6O2. The van der Waals surface area contributed by atoms with Crippen LogP contribution in [0.3, 0.4) is 0 Å². The second-order valence-corrected chi connectivity index (χ2v) is 9.84. The summed E-state index contributed by atoms with van der Waals surface area (Å²) in [6, 6.07) is 24.9. The number of rotatable bonds is 7. The molecule has 0 unspecified atom stereocenters. The molecule has 3 aromatic carbocycles. The minimum Gasteiger partial charge on any atom is -0.437 e. The number of ether oxygens (including phenoxy) is 1. The van der Waals surface area contributed by atoms with E-state index in [2.05, 4.69) is 25.9 Å². The van der Waals surface area contributed by atoms with Crippen LogP contribution in [0.15, 0.2) is 91.3 Å². The molecule has 3 heterocycles. The van der Waals surface area contributed by atoms with Crippen molar-refractivity contribution in [1.29, 1.82) is 0 Å². The Labute approximate surface area is 232 Å². The Kier molecular flexibility index (Phi) is 7.32. The molecule has 1 saturated heterocycles. The summed E-state index contributed by atoms with van der Waals surface area (Å²) in [5.74, 6) is 1.54. The van der Waals surface area contributed by atoms with Crippen molar-refractivity contribution in [3.63, 3.8) is 0 Å². The standard InChI is InChI=1S/C32H30N6O2/c1-21-14-15-24-25(11-5-13-27(24)37-30(39)22-8-3-2-4-9-22)29(21)40-31-26(12-7-18-34-31)28-16-19-35-32(38-28)36-23-10-6-17-33-20-23/h2-5,7-9,11-16,18-19,23,33H,6,10,17,20H2,1H3,(H,37,39)(H,35,36,38)/t23-/m0/s1. The third kappa shape index (κ3) is 5.48. The molecule has 0 radical (unpaired) electrons. The van der Waals surface area contributed by atoms with Crippen LogP contribution in [-0.4, -0.2) is 40.0 Å². The van der Waals surface area contributed by atoms with Gasteiger partial charge in [-0.3, -0.25) is 4.79 Å². The number of nitrogens with one attached hydrogen (secondary N) is 3. The van der Waals surface area contributed by atoms with Crippen LogP contribution in [0.5, 0.6) is 11.6 Å². The minimum atomic E-state index is -0.166. The van der Waals surface area contributed by atoms with Crippen molar-refractivity contribution >= 4 is 28.3 Å². The number of carbonyl (C=O) groups is 1. The Morgan fingerprint density at radius 2 is 1.82 bits per heavy atom. The molecule has 0 saturated carbocycles. The fourth-order valence-corrected chi connectivity index (χ4v) is 4.97. The number of piperidine rings is 1. The van der Waals surface area contributed by atoms with Crippen molar-refractivity contribution in [1.82, 2.24) is 20.3 Å². The van der Waals surface area contributed by atoms with Gasteiger partial charge in [0.05, 0.1) is 11.3 Å². The van der Waals surface area contributed by atoms with Crippen LogP contribution in [-0.2, 0) is 0 Å². The third-order valence-corrected chi connectivity index (χ3v) is 7.02. The number of anilines is 2. The molecule has 1 atom stereocenters. The van der Waals surface area contributed by atoms with Gasteiger partial charge in [0.1, 0.15) is 5.75 Å². The van der Waals surface area contributed by atoms with E-state index in [1.54, 1.807) is 24.5 Å². The van der Waals surface area contributed by atoms with Crippen LogP contribution in [0.4, 0.5) is 11.6 Å². The van der Waals surface area contributed by atoms with Crippen LogP contribution in [0.2, 0.25) is 0 Å². The monoisotopic (exact) mass is 530 g/mol. The first-order chi connectivity index (χ1) is 19.7. The number of benzene rings is 3. The number of carbonyl (C=O) groups excluding carboxylic acids is 1. The maximum atomic E-state index is 12.9. The highest BCUT2D eigenvalue weighted by Gasteiger charge is 2.18. The van der Waals surface area contributed by atoms with Crippen LogP contribution >= 0.6 is 0 Å². The topological polar surface area (TPSA) is 101 Å². The Bertz CT molecular complexity index is 1650. The first kappa shape index (κ1) is 25.5. The third-order valence-electron chi connectivity index (χ3n) is 7.02. The Morgan fingerprint density at radius 3 is 2.67 bits per heavy atom. The second-order valence-electron chi connectivity index (χ2n) is 9.84. The number of hydrogen-bond acceptors (Lipinski definition) is 7. The highest BCUT2D eigenvalue weighted by Crippen LogP contribution is 2.38. The van der Waals surface area contributed by atoms with Crippen LogP contribution in [0, 0.1) is 6.92 Å². The summed E-state index contributed by atoms with van der Waals surface area (Å²) in [6.07, 6.45) is 5.66. The largest absolute Gasteiger partial charge is 0.437 e. The number of hydrogen-bond donors (Lipinski definition) is 3. The lowest BCUT2D eigenvalue weighted by Gasteiger charge is -2.23. The van der Waals surface area contributed by atoms with E-state index in [4.69, 9.17) is 9.72 Å². The van der Waals surface area contributed by atoms with E-state index in [0.717, 1.165) is 53.5 Å². The van der Waals surface area contributed by atoms with Crippen molar-refractivity contribution in [3.05, 3.63) is 102 Å². The van der Waals surface area contributed by atoms with Gasteiger partial charge in [0.2, 0.25) is 11.8 Å². The fraction of sp³-hybridized carbons (Fsp3) is 0.188. The summed E-state index contributed by atoms with van der Waals surface area (Å²) < 4.78 is 6.53. The summed E-state index contributed by atoms with van der Waals surface area (Å²) in [5, 5.41) is 11.7. The van der Waals surface area contributed by atoms with E-state index < -0.39 is 0 Å². The van der Waals surface area contributed by atoms with Crippen molar-refractivity contribution in [2.45, 2.75) is 25.8 Å². The van der Waals surface area contributed by atoms with Gasteiger partial charge in [0.15, 0.2) is 0 Å². The summed E-state index contributed by atoms with van der Waals surface area (Å²) in [5.41, 5.74) is 3.74. The summed E-state index contributed by atoms with van der Waals surface area (Å²) in [7, 11) is 0. The lowest BCUT2D eigenvalue weighted by Crippen LogP contribution is -2.38. The highest BCUT2D eigenvalue weighted by molar-refractivity contribution is 6.10. The predicted octanol–water partition coefficient (Wildman–Crippen LogP) is 6.21. The van der Waals surface area contributed by atoms with Gasteiger partial charge in [0.25, 0.3) is 5.91 Å². The molecule has 6 rings (SSSR count). The molecule has 0 spiro atoms. The van der Waals surface area contributed by atoms with Gasteiger partial charge in [-0.05, 0) is 68.3 Å². The zero-order chi connectivity index (χ0) is 27.3. The van der Waals surface area contributed by atoms with Gasteiger partial charge in [0, 0.05) is 47.0 Å². The predicted molar refractivity (Wildman–Crippen MR) is 158 cm³/mol. The molecule has 3 N–H and O–H groups in total. The number of nitrogens with zero attached hydrogens (tertiary/aromatic N) is 3. The van der Waals surface area contributed by atoms with Crippen LogP contribution < -0.4 is 20.7 Å². The maximum absolute atomic E-state index is 12.9. The molecule has 0 aliphatic carbocycles. The van der Waals surface area contributed by atoms with Crippen molar-refractivity contribution in [3.8, 4) is 22.9 Å². The smallest absolute Gasteiger partial charge is 0.255 e. The lowest BCUT2D eigenvalue weighted by molar-refractivity contribution is 0.102. The summed E-state index contributed by atoms with van der Waals surface area (Å²) in [6.45, 7) is 3.93. The first-order valence-electron chi connectivity index (χ1n) is 13.5. The molecule has 1 amide bonds. The summed E-state index contributed by atoms with van der Waals surface area (Å²) >= 11 is 0. The molecule has 5 aromatic rings. The summed E-state index contributed by atoms with van der Waals surface area (Å²) in [4.78, 5) is 26.7. The SMILES string of the molecule is Cc1ccc2c(NC(=O)c3ccccc3)cccc2c1Oc1ncccc1-c1ccnc(N[C@H]2CCCNC2)n1. The van der Waals surface area contributed by atoms with Gasteiger partial charge in [-0.2, -0.15) is 0 Å². The van der Waals surface area contributed by atoms with E-state index >= 15 is 0 Å². The number of pyridine rings is 1. The molecule has 1 aliphatic rings. The van der Waals surface area contributed by atoms with Crippen LogP contribution in [0.1, 0.15) is 28.8 Å². The Morgan fingerprint density at radius 1 is 0.925 bits per heavy atom. The van der Waals surface area contributed by atoms with E-state index in [0.29, 0.717) is 34.9 Å². The molecule has 1 aliphatic heterocycles. The Hall–Kier alpha value is -4.82. The molecule has 1 fully saturated rings. The minimum absolute atomic E-state index is 0.166. The van der Waals surface area contributed by atoms with Gasteiger partial charge in [-0.15, -0.1) is 0 Å². The molecule has 0 bridgehead atoms. The Balaban J connectivity index is 1.32. The maximum Gasteiger partial charge on any atom is 0.255 e. The van der Waals surface area contributed by atoms with E-state index in [-0.39, 0.29) is 5.91 Å². The quantitative estimate of drug-likeness (QED) is 0.230. The van der Waals surface area contributed by atoms with E-state index in [1.807, 2.05) is 73.7 Å². The average molecular weight is 531 g/mol. The van der Waals surface area contributed by atoms with Gasteiger partial charge < -0.3 is 20.7 Å². The van der Waals surface area contributed by atoms with Crippen LogP contribution in [0.25, 0.3) is 22.0 Å². The van der Waals surface area contributed by atoms with Gasteiger partial charge in [-0.25, -0.2) is 15.0 Å². The number of fused-ring (bicyclic) bond motifs is 1. The number of aromatic nitrogens is 3. The molecular weight excluding hydrogens is 500 g/mol. The van der Waals surface area contributed by atoms with Crippen molar-refractivity contribution in [2.75, 3.05) is 23.7 Å². The zero-order valence-corrected chi connectivity index (χ0v) is 22.2. The zero-order valence-electron chi connectivity index (χ0n) is 22.2. The molecule has 8 nitrogen and oxygen atoms in total. The fourth-order valence-electron chi connectivity index (χ4n) is 4.97. The molecule has 40 heavy (non-hydrogen) atoms. The van der Waals surface area contributed by atoms with Gasteiger partial charge >= 0.3 is 0 Å². The van der Waals surface area contributed by atoms with Crippen molar-refractivity contribution < 1.29 is 9.53 Å². The molecule has 8 heteroatoms. The molecule has 200 valence electrons. The highest BCUT2D eigenvalue weighted by atomic mass is 16.5. The average Bonchev–Trinajstić information content (AvgIpc) is 3.00. The lowest BCUT2D eigenvalue weighted by atomic mass is 10.0. The first-order valence-corrected chi connectivity index (χ1v) is 13.5. The van der Waals surface area contributed by atoms with E-state index in [9.17, 15) is 4.79 Å². The normalized spacial score (nSPS) is 15.0. The van der Waals surface area contributed by atoms with E-state index in [1.165, 1.54) is 0 Å².